The molecule has 0 bridgehead atoms. The largest absolute Gasteiger partial charge is 0.493 e. The number of methoxy groups -OCH3 is 1. The van der Waals surface area contributed by atoms with E-state index in [9.17, 15) is 4.79 Å². The molecule has 3 aromatic rings. The fourth-order valence-corrected chi connectivity index (χ4v) is 6.06. The van der Waals surface area contributed by atoms with Crippen LogP contribution in [0.15, 0.2) is 51.2 Å². The molecule has 2 N–H and O–H groups in total. The summed E-state index contributed by atoms with van der Waals surface area (Å²) < 4.78 is 14.5. The predicted molar refractivity (Wildman–Crippen MR) is 170 cm³/mol. The Hall–Kier alpha value is -2.98. The van der Waals surface area contributed by atoms with E-state index in [0.29, 0.717) is 34.8 Å². The summed E-state index contributed by atoms with van der Waals surface area (Å²) >= 11 is 5.32. The highest BCUT2D eigenvalue weighted by Gasteiger charge is 2.35. The first-order valence-corrected chi connectivity index (χ1v) is 16.0. The summed E-state index contributed by atoms with van der Waals surface area (Å²) in [7, 11) is 1.63. The molecule has 0 spiro atoms. The summed E-state index contributed by atoms with van der Waals surface area (Å²) in [5, 5.41) is 12.0. The van der Waals surface area contributed by atoms with Gasteiger partial charge in [-0.2, -0.15) is 4.98 Å². The third kappa shape index (κ3) is 7.09. The van der Waals surface area contributed by atoms with E-state index in [-0.39, 0.29) is 5.91 Å². The van der Waals surface area contributed by atoms with Crippen molar-refractivity contribution in [2.45, 2.75) is 77.9 Å². The van der Waals surface area contributed by atoms with Crippen molar-refractivity contribution in [2.75, 3.05) is 30.1 Å². The number of amides is 1. The van der Waals surface area contributed by atoms with Crippen molar-refractivity contribution in [3.05, 3.63) is 62.8 Å². The van der Waals surface area contributed by atoms with Crippen LogP contribution in [0.3, 0.4) is 0 Å². The summed E-state index contributed by atoms with van der Waals surface area (Å²) in [6.07, 6.45) is 5.47. The van der Waals surface area contributed by atoms with Gasteiger partial charge in [0.2, 0.25) is 11.1 Å². The van der Waals surface area contributed by atoms with Crippen LogP contribution in [0.1, 0.15) is 75.6 Å². The molecule has 1 atom stereocenters. The number of benzene rings is 2. The topological polar surface area (TPSA) is 90.3 Å². The zero-order valence-electron chi connectivity index (χ0n) is 24.8. The predicted octanol–water partition coefficient (Wildman–Crippen LogP) is 8.05. The molecule has 8 nitrogen and oxygen atoms in total. The van der Waals surface area contributed by atoms with Crippen LogP contribution in [0, 0.1) is 13.8 Å². The molecule has 0 radical (unpaired) electrons. The molecule has 1 aliphatic rings. The molecule has 0 saturated heterocycles. The quantitative estimate of drug-likeness (QED) is 0.144. The van der Waals surface area contributed by atoms with Crippen molar-refractivity contribution < 1.29 is 14.3 Å². The number of ether oxygens (including phenoxy) is 2. The zero-order valence-corrected chi connectivity index (χ0v) is 27.2. The average molecular weight is 643 g/mol. The zero-order chi connectivity index (χ0) is 29.5. The first kappa shape index (κ1) is 31.0. The van der Waals surface area contributed by atoms with Crippen LogP contribution in [-0.2, 0) is 4.79 Å². The number of hydrogen-bond acceptors (Lipinski definition) is 7. The van der Waals surface area contributed by atoms with Crippen LogP contribution < -0.4 is 20.1 Å². The normalized spacial score (nSPS) is 14.5. The average Bonchev–Trinajstić information content (AvgIpc) is 3.36. The smallest absolute Gasteiger partial charge is 0.255 e. The highest BCUT2D eigenvalue weighted by Crippen LogP contribution is 2.43. The second kappa shape index (κ2) is 14.3. The summed E-state index contributed by atoms with van der Waals surface area (Å²) in [6.45, 7) is 10.9. The maximum Gasteiger partial charge on any atom is 0.255 e. The highest BCUT2D eigenvalue weighted by molar-refractivity contribution is 9.10. The van der Waals surface area contributed by atoms with Gasteiger partial charge < -0.3 is 20.1 Å². The number of halogens is 1. The number of aromatic nitrogens is 3. The second-order valence-electron chi connectivity index (χ2n) is 10.2. The number of nitrogens with zero attached hydrogens (tertiary/aromatic N) is 3. The number of rotatable bonds is 13. The van der Waals surface area contributed by atoms with Crippen molar-refractivity contribution in [1.29, 1.82) is 0 Å². The van der Waals surface area contributed by atoms with E-state index < -0.39 is 6.04 Å². The Kier molecular flexibility index (Phi) is 10.8. The SMILES string of the molecule is CCCCCCOc1c(Br)cc(C2C(C(=O)Nc3cccc(C)c3C)=C(C)Nc3nc(SCCC)nn32)cc1OC. The number of allylic oxidation sites excluding steroid dienone is 1. The molecule has 1 aliphatic heterocycles. The van der Waals surface area contributed by atoms with E-state index in [1.807, 2.05) is 51.1 Å². The summed E-state index contributed by atoms with van der Waals surface area (Å²) in [5.41, 5.74) is 5.03. The highest BCUT2D eigenvalue weighted by atomic mass is 79.9. The Morgan fingerprint density at radius 2 is 1.95 bits per heavy atom. The Balaban J connectivity index is 1.75. The van der Waals surface area contributed by atoms with Crippen molar-refractivity contribution in [2.24, 2.45) is 0 Å². The molecule has 1 aromatic heterocycles. The lowest BCUT2D eigenvalue weighted by atomic mass is 9.94. The molecule has 1 amide bonds. The van der Waals surface area contributed by atoms with Gasteiger partial charge in [0.25, 0.3) is 5.91 Å². The van der Waals surface area contributed by atoms with Gasteiger partial charge in [0.05, 0.1) is 23.8 Å². The van der Waals surface area contributed by atoms with Crippen LogP contribution in [0.4, 0.5) is 11.6 Å². The van der Waals surface area contributed by atoms with Crippen LogP contribution in [-0.4, -0.2) is 40.1 Å². The number of unbranched alkanes of at least 4 members (excludes halogenated alkanes) is 3. The molecule has 220 valence electrons. The molecule has 0 aliphatic carbocycles. The van der Waals surface area contributed by atoms with Gasteiger partial charge >= 0.3 is 0 Å². The molecule has 4 rings (SSSR count). The molecule has 10 heteroatoms. The molecule has 0 saturated carbocycles. The lowest BCUT2D eigenvalue weighted by molar-refractivity contribution is -0.113. The number of aryl methyl sites for hydroxylation is 1. The van der Waals surface area contributed by atoms with Gasteiger partial charge in [-0.15, -0.1) is 5.10 Å². The van der Waals surface area contributed by atoms with Crippen LogP contribution in [0.2, 0.25) is 0 Å². The maximum absolute atomic E-state index is 14.0. The molecular weight excluding hydrogens is 602 g/mol. The molecule has 1 unspecified atom stereocenters. The fourth-order valence-electron chi connectivity index (χ4n) is 4.81. The first-order valence-electron chi connectivity index (χ1n) is 14.2. The minimum atomic E-state index is -0.538. The van der Waals surface area contributed by atoms with E-state index in [1.165, 1.54) is 12.8 Å². The molecule has 2 heterocycles. The van der Waals surface area contributed by atoms with Crippen molar-refractivity contribution in [3.8, 4) is 11.5 Å². The minimum Gasteiger partial charge on any atom is -0.493 e. The Morgan fingerprint density at radius 3 is 2.68 bits per heavy atom. The van der Waals surface area contributed by atoms with Gasteiger partial charge in [-0.1, -0.05) is 57.0 Å². The summed E-state index contributed by atoms with van der Waals surface area (Å²) in [6, 6.07) is 9.30. The lowest BCUT2D eigenvalue weighted by Gasteiger charge is -2.29. The molecule has 2 aromatic carbocycles. The molecule has 0 fully saturated rings. The van der Waals surface area contributed by atoms with E-state index in [1.54, 1.807) is 23.6 Å². The number of carbonyl (C=O) groups is 1. The minimum absolute atomic E-state index is 0.205. The van der Waals surface area contributed by atoms with Gasteiger partial charge in [-0.25, -0.2) is 4.68 Å². The number of thioether (sulfide) groups is 1. The number of hydrogen-bond donors (Lipinski definition) is 2. The third-order valence-electron chi connectivity index (χ3n) is 7.18. The van der Waals surface area contributed by atoms with Gasteiger partial charge in [0, 0.05) is 17.1 Å². The number of fused-ring (bicyclic) bond motifs is 1. The van der Waals surface area contributed by atoms with E-state index in [2.05, 4.69) is 40.4 Å². The number of carbonyl (C=O) groups excluding carboxylic acids is 1. The summed E-state index contributed by atoms with van der Waals surface area (Å²) in [5.74, 6) is 2.55. The fraction of sp³-hybridized carbons (Fsp3) is 0.452. The molecular formula is C31H40BrN5O3S. The third-order valence-corrected chi connectivity index (χ3v) is 8.81. The molecule has 41 heavy (non-hydrogen) atoms. The van der Waals surface area contributed by atoms with Crippen LogP contribution >= 0.6 is 27.7 Å². The Morgan fingerprint density at radius 1 is 1.15 bits per heavy atom. The first-order chi connectivity index (χ1) is 19.8. The van der Waals surface area contributed by atoms with E-state index in [0.717, 1.165) is 57.6 Å². The number of nitrogens with one attached hydrogen (secondary N) is 2. The van der Waals surface area contributed by atoms with Crippen LogP contribution in [0.25, 0.3) is 0 Å². The van der Waals surface area contributed by atoms with Crippen molar-refractivity contribution in [1.82, 2.24) is 14.8 Å². The van der Waals surface area contributed by atoms with Crippen molar-refractivity contribution in [3.63, 3.8) is 0 Å². The van der Waals surface area contributed by atoms with Gasteiger partial charge in [0.1, 0.15) is 6.04 Å². The summed E-state index contributed by atoms with van der Waals surface area (Å²) in [4.78, 5) is 18.7. The van der Waals surface area contributed by atoms with Gasteiger partial charge in [0.15, 0.2) is 11.5 Å². The van der Waals surface area contributed by atoms with Gasteiger partial charge in [-0.3, -0.25) is 4.79 Å². The van der Waals surface area contributed by atoms with Gasteiger partial charge in [-0.05, 0) is 84.4 Å². The standard InChI is InChI=1S/C31H40BrN5O3S/c1-7-9-10-11-15-40-28-23(32)17-22(18-25(28)39-6)27-26(29(38)34-24-14-12-13-19(3)20(24)4)21(5)33-30-35-31(36-37(27)30)41-16-8-2/h12-14,17-18,27H,7-11,15-16H2,1-6H3,(H,34,38)(H,33,35,36). The van der Waals surface area contributed by atoms with E-state index >= 15 is 0 Å². The maximum atomic E-state index is 14.0. The monoisotopic (exact) mass is 641 g/mol. The van der Waals surface area contributed by atoms with Crippen LogP contribution in [0.5, 0.6) is 11.5 Å². The Labute approximate surface area is 255 Å². The van der Waals surface area contributed by atoms with E-state index in [4.69, 9.17) is 19.6 Å². The second-order valence-corrected chi connectivity index (χ2v) is 12.1. The lowest BCUT2D eigenvalue weighted by Crippen LogP contribution is -2.31. The number of anilines is 2. The van der Waals surface area contributed by atoms with Crippen molar-refractivity contribution >= 4 is 45.2 Å². The Bertz CT molecular complexity index is 1420.